The van der Waals surface area contributed by atoms with E-state index in [1.807, 2.05) is 0 Å². The molecule has 0 saturated carbocycles. The molecule has 1 fully saturated rings. The predicted molar refractivity (Wildman–Crippen MR) is 89.8 cm³/mol. The highest BCUT2D eigenvalue weighted by Crippen LogP contribution is 2.29. The van der Waals surface area contributed by atoms with Crippen LogP contribution >= 0.6 is 31.9 Å². The molecule has 0 bridgehead atoms. The van der Waals surface area contributed by atoms with E-state index in [0.29, 0.717) is 6.04 Å². The number of hydrogen-bond acceptors (Lipinski definition) is 2. The minimum Gasteiger partial charge on any atom is -0.381 e. The van der Waals surface area contributed by atoms with Gasteiger partial charge in [0.1, 0.15) is 0 Å². The monoisotopic (exact) mass is 388 g/mol. The molecule has 0 radical (unpaired) electrons. The van der Waals surface area contributed by atoms with Gasteiger partial charge in [0.2, 0.25) is 0 Å². The Hall–Kier alpha value is -0.0600. The van der Waals surface area contributed by atoms with Gasteiger partial charge in [0.05, 0.1) is 0 Å². The van der Waals surface area contributed by atoms with Crippen molar-refractivity contribution in [1.82, 2.24) is 4.90 Å². The third-order valence-corrected chi connectivity index (χ3v) is 5.19. The Balaban J connectivity index is 2.00. The van der Waals surface area contributed by atoms with Crippen molar-refractivity contribution in [2.24, 2.45) is 5.92 Å². The normalized spacial score (nSPS) is 22.2. The van der Waals surface area contributed by atoms with Crippen LogP contribution in [0.15, 0.2) is 27.1 Å². The molecule has 1 aliphatic rings. The number of benzene rings is 1. The molecule has 2 rings (SSSR count). The van der Waals surface area contributed by atoms with Gasteiger partial charge in [-0.25, -0.2) is 0 Å². The molecule has 1 N–H and O–H groups in total. The molecule has 0 aromatic heterocycles. The molecule has 1 heterocycles. The van der Waals surface area contributed by atoms with Gasteiger partial charge in [0.15, 0.2) is 0 Å². The summed E-state index contributed by atoms with van der Waals surface area (Å²) in [6.07, 6.45) is 2.65. The molecule has 0 aliphatic carbocycles. The van der Waals surface area contributed by atoms with Crippen LogP contribution in [0.4, 0.5) is 5.69 Å². The zero-order valence-corrected chi connectivity index (χ0v) is 14.8. The quantitative estimate of drug-likeness (QED) is 0.799. The summed E-state index contributed by atoms with van der Waals surface area (Å²) in [4.78, 5) is 2.56. The van der Waals surface area contributed by atoms with Crippen molar-refractivity contribution in [1.29, 1.82) is 0 Å². The first kappa shape index (κ1) is 15.3. The van der Waals surface area contributed by atoms with Gasteiger partial charge in [-0.15, -0.1) is 0 Å². The molecule has 1 aromatic carbocycles. The van der Waals surface area contributed by atoms with Crippen molar-refractivity contribution in [3.8, 4) is 0 Å². The number of anilines is 1. The van der Waals surface area contributed by atoms with E-state index < -0.39 is 0 Å². The highest BCUT2D eigenvalue weighted by molar-refractivity contribution is 9.11. The number of rotatable bonds is 4. The van der Waals surface area contributed by atoms with E-state index in [-0.39, 0.29) is 0 Å². The van der Waals surface area contributed by atoms with E-state index >= 15 is 0 Å². The molecule has 2 unspecified atom stereocenters. The summed E-state index contributed by atoms with van der Waals surface area (Å²) in [5.41, 5.74) is 1.18. The number of likely N-dealkylation sites (tertiary alicyclic amines) is 1. The average molecular weight is 390 g/mol. The second-order valence-electron chi connectivity index (χ2n) is 5.35. The number of piperidine rings is 1. The van der Waals surface area contributed by atoms with Gasteiger partial charge in [0, 0.05) is 27.2 Å². The fourth-order valence-corrected chi connectivity index (χ4v) is 3.48. The van der Waals surface area contributed by atoms with Gasteiger partial charge in [-0.1, -0.05) is 22.9 Å². The van der Waals surface area contributed by atoms with E-state index in [9.17, 15) is 0 Å². The van der Waals surface area contributed by atoms with Crippen LogP contribution in [0.2, 0.25) is 0 Å². The van der Waals surface area contributed by atoms with Crippen molar-refractivity contribution >= 4 is 37.5 Å². The first-order chi connectivity index (χ1) is 9.10. The van der Waals surface area contributed by atoms with Crippen LogP contribution in [0.5, 0.6) is 0 Å². The lowest BCUT2D eigenvalue weighted by molar-refractivity contribution is 0.172. The second kappa shape index (κ2) is 7.09. The van der Waals surface area contributed by atoms with Crippen molar-refractivity contribution in [3.05, 3.63) is 27.1 Å². The van der Waals surface area contributed by atoms with Crippen molar-refractivity contribution in [3.63, 3.8) is 0 Å². The van der Waals surface area contributed by atoms with E-state index in [0.717, 1.165) is 14.9 Å². The second-order valence-corrected chi connectivity index (χ2v) is 7.12. The lowest BCUT2D eigenvalue weighted by Crippen LogP contribution is -2.41. The van der Waals surface area contributed by atoms with E-state index in [1.54, 1.807) is 0 Å². The summed E-state index contributed by atoms with van der Waals surface area (Å²) in [6.45, 7) is 8.21. The molecular weight excluding hydrogens is 368 g/mol. The summed E-state index contributed by atoms with van der Waals surface area (Å²) < 4.78 is 2.25. The summed E-state index contributed by atoms with van der Waals surface area (Å²) in [7, 11) is 0. The number of nitrogens with zero attached hydrogens (tertiary/aromatic N) is 1. The van der Waals surface area contributed by atoms with Crippen molar-refractivity contribution < 1.29 is 0 Å². The molecule has 19 heavy (non-hydrogen) atoms. The van der Waals surface area contributed by atoms with Crippen LogP contribution in [-0.2, 0) is 0 Å². The Morgan fingerprint density at radius 3 is 2.95 bits per heavy atom. The zero-order chi connectivity index (χ0) is 13.8. The molecule has 1 aliphatic heterocycles. The first-order valence-electron chi connectivity index (χ1n) is 7.04. The van der Waals surface area contributed by atoms with Gasteiger partial charge in [0.25, 0.3) is 0 Å². The van der Waals surface area contributed by atoms with Gasteiger partial charge in [-0.05, 0) is 72.9 Å². The molecule has 1 saturated heterocycles. The Morgan fingerprint density at radius 1 is 1.42 bits per heavy atom. The fraction of sp³-hybridized carbons (Fsp3) is 0.600. The van der Waals surface area contributed by atoms with Crippen LogP contribution < -0.4 is 5.32 Å². The van der Waals surface area contributed by atoms with E-state index in [4.69, 9.17) is 0 Å². The highest BCUT2D eigenvalue weighted by Gasteiger charge is 2.24. The topological polar surface area (TPSA) is 15.3 Å². The first-order valence-corrected chi connectivity index (χ1v) is 8.62. The van der Waals surface area contributed by atoms with Gasteiger partial charge >= 0.3 is 0 Å². The maximum absolute atomic E-state index is 3.66. The van der Waals surface area contributed by atoms with Crippen LogP contribution in [0.1, 0.15) is 26.7 Å². The Labute approximate surface area is 133 Å². The Morgan fingerprint density at radius 2 is 2.21 bits per heavy atom. The minimum absolute atomic E-state index is 0.500. The summed E-state index contributed by atoms with van der Waals surface area (Å²) in [5, 5.41) is 3.66. The number of nitrogens with one attached hydrogen (secondary N) is 1. The minimum atomic E-state index is 0.500. The highest BCUT2D eigenvalue weighted by atomic mass is 79.9. The summed E-state index contributed by atoms with van der Waals surface area (Å²) in [6, 6.07) is 6.78. The van der Waals surface area contributed by atoms with Crippen molar-refractivity contribution in [2.45, 2.75) is 32.7 Å². The van der Waals surface area contributed by atoms with Crippen LogP contribution in [-0.4, -0.2) is 30.6 Å². The number of halogens is 2. The van der Waals surface area contributed by atoms with Crippen LogP contribution in [0.25, 0.3) is 0 Å². The molecule has 4 heteroatoms. The molecule has 2 nitrogen and oxygen atoms in total. The molecule has 2 atom stereocenters. The van der Waals surface area contributed by atoms with Crippen LogP contribution in [0, 0.1) is 5.92 Å². The molecule has 0 amide bonds. The van der Waals surface area contributed by atoms with Gasteiger partial charge in [-0.3, -0.25) is 0 Å². The van der Waals surface area contributed by atoms with E-state index in [2.05, 4.69) is 74.1 Å². The van der Waals surface area contributed by atoms with Gasteiger partial charge in [-0.2, -0.15) is 0 Å². The standard InChI is InChI=1S/C15H22Br2N2/c1-3-19-8-4-5-12(10-19)11(2)18-15-9-13(16)6-7-14(15)17/h6-7,9,11-12,18H,3-5,8,10H2,1-2H3. The largest absolute Gasteiger partial charge is 0.381 e. The molecule has 0 spiro atoms. The molecule has 1 aromatic rings. The Bertz CT molecular complexity index is 423. The zero-order valence-electron chi connectivity index (χ0n) is 11.6. The maximum Gasteiger partial charge on any atom is 0.0498 e. The lowest BCUT2D eigenvalue weighted by Gasteiger charge is -2.36. The third kappa shape index (κ3) is 4.20. The maximum atomic E-state index is 3.66. The summed E-state index contributed by atoms with van der Waals surface area (Å²) in [5.74, 6) is 0.736. The summed E-state index contributed by atoms with van der Waals surface area (Å²) >= 11 is 7.15. The van der Waals surface area contributed by atoms with E-state index in [1.165, 1.54) is 38.2 Å². The predicted octanol–water partition coefficient (Wildman–Crippen LogP) is 4.74. The third-order valence-electron chi connectivity index (χ3n) is 4.01. The SMILES string of the molecule is CCN1CCCC(C(C)Nc2cc(Br)ccc2Br)C1. The molecule has 106 valence electrons. The lowest BCUT2D eigenvalue weighted by atomic mass is 9.91. The number of hydrogen-bond donors (Lipinski definition) is 1. The van der Waals surface area contributed by atoms with Crippen LogP contribution in [0.3, 0.4) is 0 Å². The molecular formula is C15H22Br2N2. The van der Waals surface area contributed by atoms with Gasteiger partial charge < -0.3 is 10.2 Å². The smallest absolute Gasteiger partial charge is 0.0498 e. The fourth-order valence-electron chi connectivity index (χ4n) is 2.76. The van der Waals surface area contributed by atoms with Crippen molar-refractivity contribution in [2.75, 3.05) is 25.0 Å². The Kier molecular flexibility index (Phi) is 5.72. The average Bonchev–Trinajstić information content (AvgIpc) is 2.43.